The Morgan fingerprint density at radius 3 is 2.59 bits per heavy atom. The largest absolute Gasteiger partial charge is 0.502 e. The van der Waals surface area contributed by atoms with E-state index in [1.807, 2.05) is 0 Å². The number of nitro groups is 1. The normalized spacial score (nSPS) is 12.8. The third kappa shape index (κ3) is 3.34. The SMILES string of the molecule is N[C@H](CC(F)F)c1cc(Br)cc([N+](=O)[O-])c1O. The molecule has 0 aliphatic heterocycles. The van der Waals surface area contributed by atoms with Crippen LogP contribution in [-0.2, 0) is 0 Å². The maximum atomic E-state index is 12.2. The van der Waals surface area contributed by atoms with Crippen LogP contribution in [0.3, 0.4) is 0 Å². The van der Waals surface area contributed by atoms with Gasteiger partial charge in [0.15, 0.2) is 5.75 Å². The number of nitro benzene ring substituents is 1. The first kappa shape index (κ1) is 13.8. The Labute approximate surface area is 104 Å². The highest BCUT2D eigenvalue weighted by atomic mass is 79.9. The Balaban J connectivity index is 3.19. The maximum absolute atomic E-state index is 12.2. The van der Waals surface area contributed by atoms with E-state index in [1.165, 1.54) is 6.07 Å². The topological polar surface area (TPSA) is 89.4 Å². The highest BCUT2D eigenvalue weighted by Crippen LogP contribution is 2.37. The standard InChI is InChI=1S/C9H9BrF2N2O3/c10-4-1-5(6(13)3-8(11)12)9(15)7(2-4)14(16)17/h1-2,6,8,15H,3,13H2/t6-/m1/s1. The number of phenols is 1. The molecule has 1 aromatic rings. The summed E-state index contributed by atoms with van der Waals surface area (Å²) in [7, 11) is 0. The summed E-state index contributed by atoms with van der Waals surface area (Å²) in [5.41, 5.74) is 4.80. The maximum Gasteiger partial charge on any atom is 0.312 e. The summed E-state index contributed by atoms with van der Waals surface area (Å²) in [5, 5.41) is 20.2. The molecule has 0 saturated carbocycles. The second kappa shape index (κ2) is 5.37. The van der Waals surface area contributed by atoms with Crippen molar-refractivity contribution in [1.29, 1.82) is 0 Å². The molecule has 0 amide bonds. The molecule has 1 aromatic carbocycles. The molecule has 0 aromatic heterocycles. The van der Waals surface area contributed by atoms with E-state index in [9.17, 15) is 24.0 Å². The van der Waals surface area contributed by atoms with Crippen molar-refractivity contribution in [1.82, 2.24) is 0 Å². The minimum Gasteiger partial charge on any atom is -0.502 e. The van der Waals surface area contributed by atoms with Gasteiger partial charge in [-0.05, 0) is 6.07 Å². The first-order chi connectivity index (χ1) is 7.82. The lowest BCUT2D eigenvalue weighted by Crippen LogP contribution is -2.14. The summed E-state index contributed by atoms with van der Waals surface area (Å²) in [6.45, 7) is 0. The Bertz CT molecular complexity index is 442. The summed E-state index contributed by atoms with van der Waals surface area (Å²) in [6.07, 6.45) is -3.33. The number of benzene rings is 1. The quantitative estimate of drug-likeness (QED) is 0.661. The van der Waals surface area contributed by atoms with Gasteiger partial charge < -0.3 is 10.8 Å². The van der Waals surface area contributed by atoms with E-state index in [4.69, 9.17) is 5.73 Å². The third-order valence-corrected chi connectivity index (χ3v) is 2.57. The average Bonchev–Trinajstić information content (AvgIpc) is 2.19. The van der Waals surface area contributed by atoms with E-state index < -0.39 is 35.2 Å². The van der Waals surface area contributed by atoms with Gasteiger partial charge in [-0.25, -0.2) is 8.78 Å². The van der Waals surface area contributed by atoms with Crippen LogP contribution in [-0.4, -0.2) is 16.5 Å². The van der Waals surface area contributed by atoms with E-state index >= 15 is 0 Å². The van der Waals surface area contributed by atoms with Gasteiger partial charge in [-0.15, -0.1) is 0 Å². The van der Waals surface area contributed by atoms with Crippen LogP contribution < -0.4 is 5.73 Å². The highest BCUT2D eigenvalue weighted by molar-refractivity contribution is 9.10. The predicted octanol–water partition coefficient (Wildman–Crippen LogP) is 2.72. The van der Waals surface area contributed by atoms with Gasteiger partial charge in [0.2, 0.25) is 6.43 Å². The summed E-state index contributed by atoms with van der Waals surface area (Å²) in [4.78, 5) is 9.80. The molecule has 5 nitrogen and oxygen atoms in total. The van der Waals surface area contributed by atoms with Gasteiger partial charge >= 0.3 is 5.69 Å². The number of rotatable bonds is 4. The number of nitrogens with zero attached hydrogens (tertiary/aromatic N) is 1. The second-order valence-electron chi connectivity index (χ2n) is 3.35. The van der Waals surface area contributed by atoms with Gasteiger partial charge in [0.1, 0.15) is 0 Å². The van der Waals surface area contributed by atoms with Gasteiger partial charge in [0.25, 0.3) is 0 Å². The minimum absolute atomic E-state index is 0.0774. The minimum atomic E-state index is -2.65. The molecule has 0 heterocycles. The van der Waals surface area contributed by atoms with E-state index in [2.05, 4.69) is 15.9 Å². The molecule has 0 aliphatic carbocycles. The Kier molecular flexibility index (Phi) is 4.35. The molecule has 3 N–H and O–H groups in total. The summed E-state index contributed by atoms with van der Waals surface area (Å²) in [6, 6.07) is 1.20. The molecule has 0 aliphatic rings. The molecule has 0 fully saturated rings. The first-order valence-corrected chi connectivity index (χ1v) is 5.32. The molecule has 8 heteroatoms. The van der Waals surface area contributed by atoms with Crippen molar-refractivity contribution in [3.05, 3.63) is 32.3 Å². The third-order valence-electron chi connectivity index (χ3n) is 2.11. The lowest BCUT2D eigenvalue weighted by molar-refractivity contribution is -0.386. The zero-order valence-electron chi connectivity index (χ0n) is 8.44. The summed E-state index contributed by atoms with van der Waals surface area (Å²) in [5.74, 6) is -0.675. The smallest absolute Gasteiger partial charge is 0.312 e. The van der Waals surface area contributed by atoms with Crippen LogP contribution in [0.1, 0.15) is 18.0 Å². The monoisotopic (exact) mass is 310 g/mol. The molecule has 0 unspecified atom stereocenters. The van der Waals surface area contributed by atoms with E-state index in [1.54, 1.807) is 0 Å². The molecule has 1 atom stereocenters. The zero-order chi connectivity index (χ0) is 13.2. The molecule has 94 valence electrons. The second-order valence-corrected chi connectivity index (χ2v) is 4.27. The van der Waals surface area contributed by atoms with Crippen LogP contribution in [0.25, 0.3) is 0 Å². The van der Waals surface area contributed by atoms with E-state index in [0.717, 1.165) is 6.07 Å². The number of halogens is 3. The molecule has 1 rings (SSSR count). The van der Waals surface area contributed by atoms with Gasteiger partial charge in [-0.3, -0.25) is 10.1 Å². The van der Waals surface area contributed by atoms with Gasteiger partial charge in [0.05, 0.1) is 4.92 Å². The van der Waals surface area contributed by atoms with Crippen LogP contribution >= 0.6 is 15.9 Å². The molecule has 0 radical (unpaired) electrons. The van der Waals surface area contributed by atoms with Crippen molar-refractivity contribution in [2.75, 3.05) is 0 Å². The van der Waals surface area contributed by atoms with Crippen molar-refractivity contribution >= 4 is 21.6 Å². The first-order valence-electron chi connectivity index (χ1n) is 4.53. The van der Waals surface area contributed by atoms with Gasteiger partial charge in [-0.1, -0.05) is 15.9 Å². The van der Waals surface area contributed by atoms with Crippen molar-refractivity contribution in [2.45, 2.75) is 18.9 Å². The zero-order valence-corrected chi connectivity index (χ0v) is 10.0. The number of hydrogen-bond donors (Lipinski definition) is 2. The number of phenolic OH excluding ortho intramolecular Hbond substituents is 1. The summed E-state index contributed by atoms with van der Waals surface area (Å²) >= 11 is 2.99. The van der Waals surface area contributed by atoms with E-state index in [-0.39, 0.29) is 5.56 Å². The molecule has 0 saturated heterocycles. The fourth-order valence-corrected chi connectivity index (χ4v) is 1.81. The molecular weight excluding hydrogens is 302 g/mol. The lowest BCUT2D eigenvalue weighted by Gasteiger charge is -2.13. The van der Waals surface area contributed by atoms with Crippen LogP contribution in [0.5, 0.6) is 5.75 Å². The lowest BCUT2D eigenvalue weighted by atomic mass is 10.0. The fraction of sp³-hybridized carbons (Fsp3) is 0.333. The van der Waals surface area contributed by atoms with Crippen molar-refractivity contribution in [2.24, 2.45) is 5.73 Å². The van der Waals surface area contributed by atoms with Gasteiger partial charge in [0, 0.05) is 28.6 Å². The number of aromatic hydroxyl groups is 1. The number of nitrogens with two attached hydrogens (primary N) is 1. The number of hydrogen-bond acceptors (Lipinski definition) is 4. The van der Waals surface area contributed by atoms with Crippen LogP contribution in [0.4, 0.5) is 14.5 Å². The molecular formula is C9H9BrF2N2O3. The molecule has 0 bridgehead atoms. The Hall–Kier alpha value is -1.28. The van der Waals surface area contributed by atoms with Crippen LogP contribution in [0.15, 0.2) is 16.6 Å². The van der Waals surface area contributed by atoms with Gasteiger partial charge in [-0.2, -0.15) is 0 Å². The van der Waals surface area contributed by atoms with Crippen molar-refractivity contribution in [3.8, 4) is 5.75 Å². The number of alkyl halides is 2. The summed E-state index contributed by atoms with van der Waals surface area (Å²) < 4.78 is 24.6. The van der Waals surface area contributed by atoms with Crippen molar-refractivity contribution < 1.29 is 18.8 Å². The Morgan fingerprint density at radius 1 is 1.53 bits per heavy atom. The Morgan fingerprint density at radius 2 is 2.12 bits per heavy atom. The molecule has 0 spiro atoms. The van der Waals surface area contributed by atoms with E-state index in [0.29, 0.717) is 4.47 Å². The predicted molar refractivity (Wildman–Crippen MR) is 60.0 cm³/mol. The van der Waals surface area contributed by atoms with Crippen molar-refractivity contribution in [3.63, 3.8) is 0 Å². The molecule has 17 heavy (non-hydrogen) atoms. The average molecular weight is 311 g/mol. The van der Waals surface area contributed by atoms with Crippen LogP contribution in [0.2, 0.25) is 0 Å². The fourth-order valence-electron chi connectivity index (χ4n) is 1.35. The highest BCUT2D eigenvalue weighted by Gasteiger charge is 2.23. The van der Waals surface area contributed by atoms with Crippen LogP contribution in [0, 0.1) is 10.1 Å².